The highest BCUT2D eigenvalue weighted by atomic mass is 79.9. The molecule has 1 saturated heterocycles. The van der Waals surface area contributed by atoms with Gasteiger partial charge in [0.05, 0.1) is 5.69 Å². The van der Waals surface area contributed by atoms with E-state index in [-0.39, 0.29) is 18.2 Å². The highest BCUT2D eigenvalue weighted by molar-refractivity contribution is 9.10. The minimum atomic E-state index is -3.78. The molecule has 112 valence electrons. The number of hydrogen-bond acceptors (Lipinski definition) is 3. The number of aliphatic hydroxyl groups is 1. The fraction of sp³-hybridized carbons (Fsp3) is 0.500. The zero-order valence-corrected chi connectivity index (χ0v) is 13.1. The van der Waals surface area contributed by atoms with Gasteiger partial charge in [0.1, 0.15) is 5.82 Å². The first kappa shape index (κ1) is 15.7. The summed E-state index contributed by atoms with van der Waals surface area (Å²) >= 11 is 3.13. The van der Waals surface area contributed by atoms with Gasteiger partial charge in [0, 0.05) is 24.2 Å². The van der Waals surface area contributed by atoms with Crippen LogP contribution in [0.15, 0.2) is 22.7 Å². The molecule has 0 radical (unpaired) electrons. The maximum absolute atomic E-state index is 13.7. The van der Waals surface area contributed by atoms with Crippen LogP contribution in [0, 0.1) is 11.7 Å². The maximum atomic E-state index is 13.7. The van der Waals surface area contributed by atoms with E-state index in [0.29, 0.717) is 30.4 Å². The molecule has 1 fully saturated rings. The number of halogens is 2. The Kier molecular flexibility index (Phi) is 5.00. The van der Waals surface area contributed by atoms with Gasteiger partial charge in [-0.3, -0.25) is 4.72 Å². The van der Waals surface area contributed by atoms with Gasteiger partial charge in [0.15, 0.2) is 0 Å². The number of hydrogen-bond donors (Lipinski definition) is 2. The summed E-state index contributed by atoms with van der Waals surface area (Å²) in [6, 6.07) is 4.25. The summed E-state index contributed by atoms with van der Waals surface area (Å²) in [6.45, 7) is 0.722. The van der Waals surface area contributed by atoms with Crippen LogP contribution < -0.4 is 4.72 Å². The van der Waals surface area contributed by atoms with Crippen molar-refractivity contribution in [3.8, 4) is 0 Å². The van der Waals surface area contributed by atoms with Crippen molar-refractivity contribution in [2.75, 3.05) is 24.4 Å². The molecule has 2 rings (SSSR count). The molecule has 0 amide bonds. The van der Waals surface area contributed by atoms with Crippen molar-refractivity contribution < 1.29 is 17.9 Å². The lowest BCUT2D eigenvalue weighted by molar-refractivity contribution is 0.170. The number of para-hydroxylation sites is 1. The third-order valence-electron chi connectivity index (χ3n) is 3.37. The molecule has 1 aromatic carbocycles. The Morgan fingerprint density at radius 1 is 1.40 bits per heavy atom. The van der Waals surface area contributed by atoms with Gasteiger partial charge >= 0.3 is 10.2 Å². The van der Waals surface area contributed by atoms with E-state index in [1.54, 1.807) is 6.07 Å². The molecule has 0 unspecified atom stereocenters. The van der Waals surface area contributed by atoms with Crippen molar-refractivity contribution in [2.45, 2.75) is 12.8 Å². The van der Waals surface area contributed by atoms with Crippen LogP contribution >= 0.6 is 15.9 Å². The van der Waals surface area contributed by atoms with E-state index in [0.717, 1.165) is 0 Å². The smallest absolute Gasteiger partial charge is 0.301 e. The van der Waals surface area contributed by atoms with Gasteiger partial charge in [0.25, 0.3) is 0 Å². The Bertz CT molecular complexity index is 554. The second-order valence-corrected chi connectivity index (χ2v) is 7.25. The highest BCUT2D eigenvalue weighted by Gasteiger charge is 2.28. The lowest BCUT2D eigenvalue weighted by Crippen LogP contribution is -2.42. The molecule has 0 aromatic heterocycles. The summed E-state index contributed by atoms with van der Waals surface area (Å²) in [6.07, 6.45) is 1.21. The molecular weight excluding hydrogens is 351 g/mol. The zero-order chi connectivity index (χ0) is 14.8. The van der Waals surface area contributed by atoms with Crippen molar-refractivity contribution >= 4 is 31.8 Å². The summed E-state index contributed by atoms with van der Waals surface area (Å²) in [7, 11) is -3.78. The fourth-order valence-corrected chi connectivity index (χ4v) is 3.98. The molecule has 0 aliphatic carbocycles. The molecule has 0 spiro atoms. The second kappa shape index (κ2) is 6.38. The molecule has 1 heterocycles. The number of nitrogens with one attached hydrogen (secondary N) is 1. The van der Waals surface area contributed by atoms with Gasteiger partial charge in [-0.05, 0) is 46.8 Å². The quantitative estimate of drug-likeness (QED) is 0.855. The molecule has 8 heteroatoms. The lowest BCUT2D eigenvalue weighted by Gasteiger charge is -2.30. The summed E-state index contributed by atoms with van der Waals surface area (Å²) < 4.78 is 42.0. The number of nitrogens with zero attached hydrogens (tertiary/aromatic N) is 1. The van der Waals surface area contributed by atoms with E-state index in [1.165, 1.54) is 16.4 Å². The van der Waals surface area contributed by atoms with Crippen LogP contribution in [-0.2, 0) is 10.2 Å². The van der Waals surface area contributed by atoms with Crippen LogP contribution in [-0.4, -0.2) is 37.5 Å². The Hall–Kier alpha value is -0.700. The van der Waals surface area contributed by atoms with E-state index in [4.69, 9.17) is 5.11 Å². The minimum absolute atomic E-state index is 0.0696. The largest absolute Gasteiger partial charge is 0.396 e. The third-order valence-corrected chi connectivity index (χ3v) is 5.53. The first-order chi connectivity index (χ1) is 9.44. The minimum Gasteiger partial charge on any atom is -0.396 e. The van der Waals surface area contributed by atoms with Gasteiger partial charge in [-0.15, -0.1) is 0 Å². The van der Waals surface area contributed by atoms with Crippen LogP contribution in [0.2, 0.25) is 0 Å². The van der Waals surface area contributed by atoms with E-state index in [2.05, 4.69) is 20.7 Å². The van der Waals surface area contributed by atoms with E-state index in [9.17, 15) is 12.8 Å². The topological polar surface area (TPSA) is 69.6 Å². The van der Waals surface area contributed by atoms with Crippen molar-refractivity contribution in [3.63, 3.8) is 0 Å². The molecule has 20 heavy (non-hydrogen) atoms. The van der Waals surface area contributed by atoms with Gasteiger partial charge in [-0.1, -0.05) is 6.07 Å². The number of piperidine rings is 1. The third kappa shape index (κ3) is 3.49. The predicted octanol–water partition coefficient (Wildman–Crippen LogP) is 1.95. The van der Waals surface area contributed by atoms with Crippen LogP contribution in [0.25, 0.3) is 0 Å². The van der Waals surface area contributed by atoms with Crippen molar-refractivity contribution in [1.29, 1.82) is 0 Å². The van der Waals surface area contributed by atoms with Gasteiger partial charge in [-0.25, -0.2) is 4.39 Å². The standard InChI is InChI=1S/C12H16BrFN2O3S/c13-10-2-1-3-11(14)12(10)15-20(18,19)16-6-4-9(8-17)5-7-16/h1-3,9,15,17H,4-8H2. The van der Waals surface area contributed by atoms with Crippen molar-refractivity contribution in [1.82, 2.24) is 4.31 Å². The molecular formula is C12H16BrFN2O3S. The Morgan fingerprint density at radius 3 is 2.60 bits per heavy atom. The predicted molar refractivity (Wildman–Crippen MR) is 78.0 cm³/mol. The van der Waals surface area contributed by atoms with Gasteiger partial charge in [-0.2, -0.15) is 12.7 Å². The summed E-state index contributed by atoms with van der Waals surface area (Å²) in [4.78, 5) is 0. The number of aliphatic hydroxyl groups excluding tert-OH is 1. The first-order valence-electron chi connectivity index (χ1n) is 6.27. The molecule has 0 bridgehead atoms. The van der Waals surface area contributed by atoms with Crippen LogP contribution in [0.1, 0.15) is 12.8 Å². The summed E-state index contributed by atoms with van der Waals surface area (Å²) in [5.74, 6) is -0.491. The molecule has 2 N–H and O–H groups in total. The van der Waals surface area contributed by atoms with Gasteiger partial charge < -0.3 is 5.11 Å². The van der Waals surface area contributed by atoms with Gasteiger partial charge in [0.2, 0.25) is 0 Å². The normalized spacial score (nSPS) is 18.1. The van der Waals surface area contributed by atoms with E-state index in [1.807, 2.05) is 0 Å². The monoisotopic (exact) mass is 366 g/mol. The Morgan fingerprint density at radius 2 is 2.05 bits per heavy atom. The molecule has 1 aliphatic rings. The first-order valence-corrected chi connectivity index (χ1v) is 8.50. The van der Waals surface area contributed by atoms with E-state index >= 15 is 0 Å². The Labute approximate surface area is 126 Å². The summed E-state index contributed by atoms with van der Waals surface area (Å²) in [5.41, 5.74) is -0.0863. The van der Waals surface area contributed by atoms with Crippen molar-refractivity contribution in [3.05, 3.63) is 28.5 Å². The number of rotatable bonds is 4. The maximum Gasteiger partial charge on any atom is 0.301 e. The second-order valence-electron chi connectivity index (χ2n) is 4.73. The lowest BCUT2D eigenvalue weighted by atomic mass is 10.00. The Balaban J connectivity index is 2.12. The van der Waals surface area contributed by atoms with E-state index < -0.39 is 16.0 Å². The number of benzene rings is 1. The molecule has 0 saturated carbocycles. The van der Waals surface area contributed by atoms with Crippen LogP contribution in [0.3, 0.4) is 0 Å². The molecule has 1 aliphatic heterocycles. The highest BCUT2D eigenvalue weighted by Crippen LogP contribution is 2.28. The summed E-state index contributed by atoms with van der Waals surface area (Å²) in [5, 5.41) is 9.05. The SMILES string of the molecule is O=S(=O)(Nc1c(F)cccc1Br)N1CCC(CO)CC1. The molecule has 1 aromatic rings. The van der Waals surface area contributed by atoms with Crippen molar-refractivity contribution in [2.24, 2.45) is 5.92 Å². The fourth-order valence-electron chi connectivity index (χ4n) is 2.12. The average Bonchev–Trinajstić information content (AvgIpc) is 2.43. The number of anilines is 1. The molecule has 5 nitrogen and oxygen atoms in total. The average molecular weight is 367 g/mol. The van der Waals surface area contributed by atoms with Crippen LogP contribution in [0.4, 0.5) is 10.1 Å². The van der Waals surface area contributed by atoms with Crippen LogP contribution in [0.5, 0.6) is 0 Å². The molecule has 0 atom stereocenters. The zero-order valence-electron chi connectivity index (χ0n) is 10.7.